The lowest BCUT2D eigenvalue weighted by atomic mass is 10.2. The molecule has 0 bridgehead atoms. The first-order chi connectivity index (χ1) is 8.38. The number of sulfone groups is 1. The van der Waals surface area contributed by atoms with E-state index in [2.05, 4.69) is 0 Å². The van der Waals surface area contributed by atoms with Gasteiger partial charge in [-0.1, -0.05) is 17.7 Å². The third-order valence-corrected chi connectivity index (χ3v) is 4.94. The molecule has 98 valence electrons. The minimum atomic E-state index is -3.08. The van der Waals surface area contributed by atoms with Crippen LogP contribution in [0.1, 0.15) is 16.8 Å². The molecule has 0 saturated carbocycles. The van der Waals surface area contributed by atoms with Gasteiger partial charge in [0.15, 0.2) is 9.84 Å². The van der Waals surface area contributed by atoms with Crippen molar-refractivity contribution in [1.29, 1.82) is 0 Å². The van der Waals surface area contributed by atoms with Crippen LogP contribution in [-0.4, -0.2) is 43.8 Å². The molecule has 1 saturated heterocycles. The van der Waals surface area contributed by atoms with Crippen molar-refractivity contribution in [1.82, 2.24) is 4.90 Å². The van der Waals surface area contributed by atoms with E-state index in [1.807, 2.05) is 0 Å². The summed E-state index contributed by atoms with van der Waals surface area (Å²) in [5, 5.41) is 0.0559. The quantitative estimate of drug-likeness (QED) is 0.830. The number of carbonyl (C=O) groups is 1. The smallest absolute Gasteiger partial charge is 0.253 e. The van der Waals surface area contributed by atoms with Crippen LogP contribution in [0.4, 0.5) is 0 Å². The van der Waals surface area contributed by atoms with E-state index < -0.39 is 15.1 Å². The van der Waals surface area contributed by atoms with E-state index in [4.69, 9.17) is 11.6 Å². The Morgan fingerprint density at radius 3 is 2.72 bits per heavy atom. The molecule has 0 spiro atoms. The molecule has 2 rings (SSSR count). The minimum Gasteiger partial charge on any atom is -0.337 e. The molecule has 1 amide bonds. The van der Waals surface area contributed by atoms with Gasteiger partial charge in [0.1, 0.15) is 0 Å². The van der Waals surface area contributed by atoms with Crippen molar-refractivity contribution in [2.45, 2.75) is 11.7 Å². The fourth-order valence-electron chi connectivity index (χ4n) is 2.07. The number of amides is 1. The summed E-state index contributed by atoms with van der Waals surface area (Å²) in [4.78, 5) is 13.7. The summed E-state index contributed by atoms with van der Waals surface area (Å²) in [5.41, 5.74) is 0.497. The normalized spacial score (nSPS) is 20.1. The van der Waals surface area contributed by atoms with E-state index >= 15 is 0 Å². The van der Waals surface area contributed by atoms with Crippen LogP contribution in [0.25, 0.3) is 0 Å². The predicted molar refractivity (Wildman–Crippen MR) is 70.6 cm³/mol. The average Bonchev–Trinajstić information content (AvgIpc) is 2.77. The molecule has 0 aliphatic carbocycles. The molecule has 0 aromatic heterocycles. The molecule has 1 aromatic rings. The molecule has 0 radical (unpaired) electrons. The molecular weight excluding hydrogens is 274 g/mol. The summed E-state index contributed by atoms with van der Waals surface area (Å²) >= 11 is 5.83. The first-order valence-corrected chi connectivity index (χ1v) is 7.95. The largest absolute Gasteiger partial charge is 0.337 e. The molecule has 1 aromatic carbocycles. The van der Waals surface area contributed by atoms with Crippen molar-refractivity contribution in [3.05, 3.63) is 34.9 Å². The number of benzene rings is 1. The Morgan fingerprint density at radius 1 is 1.44 bits per heavy atom. The van der Waals surface area contributed by atoms with Crippen LogP contribution in [0, 0.1) is 0 Å². The zero-order valence-electron chi connectivity index (χ0n) is 9.97. The molecule has 1 aliphatic rings. The zero-order valence-corrected chi connectivity index (χ0v) is 11.5. The van der Waals surface area contributed by atoms with Crippen molar-refractivity contribution in [3.63, 3.8) is 0 Å². The second-order valence-electron chi connectivity index (χ2n) is 4.50. The molecule has 4 nitrogen and oxygen atoms in total. The second kappa shape index (κ2) is 4.90. The Morgan fingerprint density at radius 2 is 2.17 bits per heavy atom. The van der Waals surface area contributed by atoms with Crippen LogP contribution in [0.2, 0.25) is 5.02 Å². The monoisotopic (exact) mass is 287 g/mol. The van der Waals surface area contributed by atoms with Crippen LogP contribution in [0.3, 0.4) is 0 Å². The molecule has 1 atom stereocenters. The Labute approximate surface area is 111 Å². The topological polar surface area (TPSA) is 54.5 Å². The third kappa shape index (κ3) is 2.84. The maximum atomic E-state index is 12.1. The van der Waals surface area contributed by atoms with Crippen molar-refractivity contribution >= 4 is 27.3 Å². The number of halogens is 1. The molecule has 1 unspecified atom stereocenters. The van der Waals surface area contributed by atoms with Crippen LogP contribution in [-0.2, 0) is 9.84 Å². The highest BCUT2D eigenvalue weighted by molar-refractivity contribution is 7.91. The summed E-state index contributed by atoms with van der Waals surface area (Å²) in [5.74, 6) is -0.163. The van der Waals surface area contributed by atoms with Gasteiger partial charge in [-0.25, -0.2) is 8.42 Å². The van der Waals surface area contributed by atoms with E-state index in [9.17, 15) is 13.2 Å². The van der Waals surface area contributed by atoms with Crippen LogP contribution < -0.4 is 0 Å². The lowest BCUT2D eigenvalue weighted by Gasteiger charge is -2.16. The van der Waals surface area contributed by atoms with Gasteiger partial charge in [0, 0.05) is 29.9 Å². The van der Waals surface area contributed by atoms with Gasteiger partial charge >= 0.3 is 0 Å². The Kier molecular flexibility index (Phi) is 3.64. The van der Waals surface area contributed by atoms with Crippen LogP contribution >= 0.6 is 11.6 Å². The standard InChI is InChI=1S/C12H14ClNO3S/c1-18(16,17)11-5-6-14(8-11)12(15)9-3-2-4-10(13)7-9/h2-4,7,11H,5-6,8H2,1H3. The van der Waals surface area contributed by atoms with Gasteiger partial charge in [-0.2, -0.15) is 0 Å². The zero-order chi connectivity index (χ0) is 13.3. The fourth-order valence-corrected chi connectivity index (χ4v) is 3.24. The summed E-state index contributed by atoms with van der Waals surface area (Å²) in [6.07, 6.45) is 1.72. The summed E-state index contributed by atoms with van der Waals surface area (Å²) in [7, 11) is -3.08. The number of nitrogens with zero attached hydrogens (tertiary/aromatic N) is 1. The summed E-state index contributed by atoms with van der Waals surface area (Å²) in [6, 6.07) is 6.68. The molecule has 1 fully saturated rings. The van der Waals surface area contributed by atoms with Crippen molar-refractivity contribution in [2.75, 3.05) is 19.3 Å². The van der Waals surface area contributed by atoms with Gasteiger partial charge in [0.2, 0.25) is 0 Å². The minimum absolute atomic E-state index is 0.163. The summed E-state index contributed by atoms with van der Waals surface area (Å²) in [6.45, 7) is 0.743. The Hall–Kier alpha value is -1.07. The number of rotatable bonds is 2. The lowest BCUT2D eigenvalue weighted by Crippen LogP contribution is -2.31. The van der Waals surface area contributed by atoms with Gasteiger partial charge in [-0.3, -0.25) is 4.79 Å². The van der Waals surface area contributed by atoms with Crippen molar-refractivity contribution in [2.24, 2.45) is 0 Å². The molecule has 0 N–H and O–H groups in total. The van der Waals surface area contributed by atoms with Gasteiger partial charge in [-0.15, -0.1) is 0 Å². The summed E-state index contributed by atoms with van der Waals surface area (Å²) < 4.78 is 22.9. The average molecular weight is 288 g/mol. The Bertz CT molecular complexity index is 570. The second-order valence-corrected chi connectivity index (χ2v) is 7.26. The number of hydrogen-bond acceptors (Lipinski definition) is 3. The third-order valence-electron chi connectivity index (χ3n) is 3.11. The van der Waals surface area contributed by atoms with E-state index in [-0.39, 0.29) is 12.5 Å². The first kappa shape index (κ1) is 13.4. The van der Waals surface area contributed by atoms with E-state index in [0.717, 1.165) is 0 Å². The number of hydrogen-bond donors (Lipinski definition) is 0. The molecule has 18 heavy (non-hydrogen) atoms. The molecule has 6 heteroatoms. The lowest BCUT2D eigenvalue weighted by molar-refractivity contribution is 0.0793. The highest BCUT2D eigenvalue weighted by Gasteiger charge is 2.32. The van der Waals surface area contributed by atoms with Crippen LogP contribution in [0.15, 0.2) is 24.3 Å². The van der Waals surface area contributed by atoms with Gasteiger partial charge in [0.05, 0.1) is 5.25 Å². The number of carbonyl (C=O) groups excluding carboxylic acids is 1. The highest BCUT2D eigenvalue weighted by atomic mass is 35.5. The fraction of sp³-hybridized carbons (Fsp3) is 0.417. The van der Waals surface area contributed by atoms with Gasteiger partial charge in [-0.05, 0) is 24.6 Å². The van der Waals surface area contributed by atoms with Crippen molar-refractivity contribution < 1.29 is 13.2 Å². The molecule has 1 aliphatic heterocycles. The van der Waals surface area contributed by atoms with Gasteiger partial charge < -0.3 is 4.90 Å². The maximum absolute atomic E-state index is 12.1. The number of likely N-dealkylation sites (tertiary alicyclic amines) is 1. The molecule has 1 heterocycles. The first-order valence-electron chi connectivity index (χ1n) is 5.61. The highest BCUT2D eigenvalue weighted by Crippen LogP contribution is 2.20. The van der Waals surface area contributed by atoms with E-state index in [0.29, 0.717) is 23.6 Å². The maximum Gasteiger partial charge on any atom is 0.253 e. The van der Waals surface area contributed by atoms with E-state index in [1.165, 1.54) is 6.26 Å². The van der Waals surface area contributed by atoms with E-state index in [1.54, 1.807) is 29.2 Å². The van der Waals surface area contributed by atoms with Crippen LogP contribution in [0.5, 0.6) is 0 Å². The Balaban J connectivity index is 2.13. The molecular formula is C12H14ClNO3S. The van der Waals surface area contributed by atoms with Gasteiger partial charge in [0.25, 0.3) is 5.91 Å². The van der Waals surface area contributed by atoms with Crippen molar-refractivity contribution in [3.8, 4) is 0 Å². The predicted octanol–water partition coefficient (Wildman–Crippen LogP) is 1.60. The SMILES string of the molecule is CS(=O)(=O)C1CCN(C(=O)c2cccc(Cl)c2)C1.